The third kappa shape index (κ3) is 4.90. The minimum atomic E-state index is 0.0898. The van der Waals surface area contributed by atoms with Crippen molar-refractivity contribution in [1.82, 2.24) is 0 Å². The van der Waals surface area contributed by atoms with E-state index in [1.54, 1.807) is 0 Å². The summed E-state index contributed by atoms with van der Waals surface area (Å²) in [5.41, 5.74) is 0.266. The number of ether oxygens (including phenoxy) is 1. The zero-order valence-electron chi connectivity index (χ0n) is 10.5. The van der Waals surface area contributed by atoms with Gasteiger partial charge >= 0.3 is 0 Å². The zero-order valence-corrected chi connectivity index (χ0v) is 11.3. The molecule has 0 unspecified atom stereocenters. The van der Waals surface area contributed by atoms with Gasteiger partial charge in [-0.1, -0.05) is 20.8 Å². The number of hydrogen-bond donors (Lipinski definition) is 0. The van der Waals surface area contributed by atoms with Crippen molar-refractivity contribution in [3.63, 3.8) is 0 Å². The first-order chi connectivity index (χ1) is 7.38. The second-order valence-corrected chi connectivity index (χ2v) is 6.48. The van der Waals surface area contributed by atoms with Crippen LogP contribution in [-0.2, 0) is 4.74 Å². The Balaban J connectivity index is 2.26. The van der Waals surface area contributed by atoms with Crippen LogP contribution in [0.15, 0.2) is 12.1 Å². The molecule has 0 saturated carbocycles. The van der Waals surface area contributed by atoms with Crippen LogP contribution in [0.1, 0.15) is 41.7 Å². The molecule has 0 radical (unpaired) electrons. The smallest absolute Gasteiger partial charge is 0.198 e. The largest absolute Gasteiger partial charge is 0.373 e. The number of ketones is 1. The fourth-order valence-electron chi connectivity index (χ4n) is 1.20. The Hall–Kier alpha value is -0.670. The van der Waals surface area contributed by atoms with Crippen LogP contribution in [0.2, 0.25) is 0 Å². The van der Waals surface area contributed by atoms with Gasteiger partial charge in [-0.05, 0) is 30.9 Å². The highest BCUT2D eigenvalue weighted by Gasteiger charge is 2.11. The number of Topliss-reactive ketones (excluding diaryl/α,β-unsaturated/α-hetero) is 1. The Kier molecular flexibility index (Phi) is 4.69. The van der Waals surface area contributed by atoms with Crippen LogP contribution in [0.3, 0.4) is 0 Å². The molecule has 1 aromatic heterocycles. The van der Waals surface area contributed by atoms with E-state index in [9.17, 15) is 4.79 Å². The Labute approximate surface area is 102 Å². The molecule has 0 atom stereocenters. The van der Waals surface area contributed by atoms with Gasteiger partial charge in [-0.2, -0.15) is 0 Å². The van der Waals surface area contributed by atoms with Crippen molar-refractivity contribution >= 4 is 17.1 Å². The molecule has 90 valence electrons. The van der Waals surface area contributed by atoms with Gasteiger partial charge < -0.3 is 4.74 Å². The molecule has 0 aromatic carbocycles. The highest BCUT2D eigenvalue weighted by Crippen LogP contribution is 2.18. The first-order valence-electron chi connectivity index (χ1n) is 5.56. The Morgan fingerprint density at radius 2 is 2.06 bits per heavy atom. The molecule has 1 heterocycles. The van der Waals surface area contributed by atoms with Crippen LogP contribution in [0, 0.1) is 12.3 Å². The Morgan fingerprint density at radius 3 is 2.56 bits per heavy atom. The van der Waals surface area contributed by atoms with Crippen molar-refractivity contribution in [2.45, 2.75) is 34.1 Å². The monoisotopic (exact) mass is 240 g/mol. The van der Waals surface area contributed by atoms with E-state index >= 15 is 0 Å². The van der Waals surface area contributed by atoms with E-state index in [1.807, 2.05) is 19.1 Å². The van der Waals surface area contributed by atoms with Gasteiger partial charge in [0, 0.05) is 11.5 Å². The summed E-state index contributed by atoms with van der Waals surface area (Å²) < 4.78 is 5.39. The second kappa shape index (κ2) is 5.60. The first kappa shape index (κ1) is 13.4. The molecule has 0 N–H and O–H groups in total. The third-order valence-corrected chi connectivity index (χ3v) is 3.29. The van der Waals surface area contributed by atoms with E-state index in [4.69, 9.17) is 4.74 Å². The molecule has 0 bridgehead atoms. The van der Waals surface area contributed by atoms with Gasteiger partial charge in [-0.15, -0.1) is 11.3 Å². The lowest BCUT2D eigenvalue weighted by molar-refractivity contribution is 0.0709. The van der Waals surface area contributed by atoms with Crippen LogP contribution in [0.4, 0.5) is 0 Å². The molecule has 0 aliphatic heterocycles. The van der Waals surface area contributed by atoms with Crippen LogP contribution in [-0.4, -0.2) is 19.0 Å². The molecule has 0 aliphatic carbocycles. The molecule has 0 fully saturated rings. The minimum absolute atomic E-state index is 0.0898. The van der Waals surface area contributed by atoms with Gasteiger partial charge in [0.05, 0.1) is 4.88 Å². The van der Waals surface area contributed by atoms with Gasteiger partial charge in [0.25, 0.3) is 0 Å². The first-order valence-corrected chi connectivity index (χ1v) is 6.37. The predicted molar refractivity (Wildman–Crippen MR) is 68.3 cm³/mol. The van der Waals surface area contributed by atoms with E-state index in [-0.39, 0.29) is 17.8 Å². The van der Waals surface area contributed by atoms with E-state index in [2.05, 4.69) is 20.8 Å². The van der Waals surface area contributed by atoms with Crippen molar-refractivity contribution in [2.75, 3.05) is 13.2 Å². The molecule has 0 spiro atoms. The number of carbonyl (C=O) groups is 1. The summed E-state index contributed by atoms with van der Waals surface area (Å²) in [6.45, 7) is 9.36. The average molecular weight is 240 g/mol. The van der Waals surface area contributed by atoms with Crippen LogP contribution in [0.5, 0.6) is 0 Å². The minimum Gasteiger partial charge on any atom is -0.373 e. The molecule has 0 amide bonds. The molecular formula is C13H20O2S. The Morgan fingerprint density at radius 1 is 1.38 bits per heavy atom. The number of aryl methyl sites for hydroxylation is 1. The standard InChI is InChI=1S/C13H20O2S/c1-10-5-6-12(16-10)11(14)9-15-8-7-13(2,3)4/h5-6H,7-9H2,1-4H3. The third-order valence-electron chi connectivity index (χ3n) is 2.24. The maximum Gasteiger partial charge on any atom is 0.198 e. The second-order valence-electron chi connectivity index (χ2n) is 5.20. The van der Waals surface area contributed by atoms with Crippen molar-refractivity contribution in [1.29, 1.82) is 0 Å². The van der Waals surface area contributed by atoms with E-state index in [1.165, 1.54) is 11.3 Å². The summed E-state index contributed by atoms with van der Waals surface area (Å²) in [6, 6.07) is 3.84. The van der Waals surface area contributed by atoms with Crippen molar-refractivity contribution in [3.05, 3.63) is 21.9 Å². The fraction of sp³-hybridized carbons (Fsp3) is 0.615. The van der Waals surface area contributed by atoms with Crippen LogP contribution >= 0.6 is 11.3 Å². The fourth-order valence-corrected chi connectivity index (χ4v) is 1.99. The van der Waals surface area contributed by atoms with Crippen molar-refractivity contribution in [3.8, 4) is 0 Å². The van der Waals surface area contributed by atoms with Gasteiger partial charge in [0.1, 0.15) is 6.61 Å². The number of thiophene rings is 1. The number of hydrogen-bond acceptors (Lipinski definition) is 3. The topological polar surface area (TPSA) is 26.3 Å². The summed E-state index contributed by atoms with van der Waals surface area (Å²) in [5.74, 6) is 0.0898. The zero-order chi connectivity index (χ0) is 12.2. The predicted octanol–water partition coefficient (Wildman–Crippen LogP) is 3.69. The molecule has 0 saturated heterocycles. The molecule has 2 nitrogen and oxygen atoms in total. The molecule has 16 heavy (non-hydrogen) atoms. The lowest BCUT2D eigenvalue weighted by Gasteiger charge is -2.17. The van der Waals surface area contributed by atoms with E-state index < -0.39 is 0 Å². The van der Waals surface area contributed by atoms with E-state index in [0.717, 1.165) is 16.2 Å². The number of rotatable bonds is 5. The summed E-state index contributed by atoms with van der Waals surface area (Å²) in [5, 5.41) is 0. The SMILES string of the molecule is Cc1ccc(C(=O)COCCC(C)(C)C)s1. The van der Waals surface area contributed by atoms with Crippen LogP contribution < -0.4 is 0 Å². The van der Waals surface area contributed by atoms with Crippen molar-refractivity contribution < 1.29 is 9.53 Å². The molecule has 3 heteroatoms. The number of carbonyl (C=O) groups excluding carboxylic acids is 1. The van der Waals surface area contributed by atoms with Gasteiger partial charge in [0.2, 0.25) is 0 Å². The molecular weight excluding hydrogens is 220 g/mol. The van der Waals surface area contributed by atoms with E-state index in [0.29, 0.717) is 6.61 Å². The highest BCUT2D eigenvalue weighted by atomic mass is 32.1. The lowest BCUT2D eigenvalue weighted by atomic mass is 9.93. The molecule has 0 aliphatic rings. The quantitative estimate of drug-likeness (QED) is 0.579. The lowest BCUT2D eigenvalue weighted by Crippen LogP contribution is -2.13. The Bertz CT molecular complexity index is 347. The summed E-state index contributed by atoms with van der Waals surface area (Å²) in [4.78, 5) is 13.6. The van der Waals surface area contributed by atoms with Gasteiger partial charge in [0.15, 0.2) is 5.78 Å². The average Bonchev–Trinajstić information content (AvgIpc) is 2.57. The summed E-state index contributed by atoms with van der Waals surface area (Å²) in [6.07, 6.45) is 0.976. The van der Waals surface area contributed by atoms with Gasteiger partial charge in [-0.3, -0.25) is 4.79 Å². The normalized spacial score (nSPS) is 11.8. The summed E-state index contributed by atoms with van der Waals surface area (Å²) in [7, 11) is 0. The van der Waals surface area contributed by atoms with Crippen molar-refractivity contribution in [2.24, 2.45) is 5.41 Å². The van der Waals surface area contributed by atoms with Crippen LogP contribution in [0.25, 0.3) is 0 Å². The highest BCUT2D eigenvalue weighted by molar-refractivity contribution is 7.14. The maximum absolute atomic E-state index is 11.7. The molecule has 1 aromatic rings. The van der Waals surface area contributed by atoms with Gasteiger partial charge in [-0.25, -0.2) is 0 Å². The summed E-state index contributed by atoms with van der Waals surface area (Å²) >= 11 is 1.53. The molecule has 1 rings (SSSR count). The maximum atomic E-state index is 11.7.